The van der Waals surface area contributed by atoms with Crippen LogP contribution >= 0.6 is 11.6 Å². The van der Waals surface area contributed by atoms with Gasteiger partial charge in [-0.3, -0.25) is 9.59 Å². The molecule has 0 aliphatic heterocycles. The monoisotopic (exact) mass is 587 g/mol. The Labute approximate surface area is 253 Å². The molecule has 3 amide bonds. The van der Waals surface area contributed by atoms with Gasteiger partial charge in [0, 0.05) is 18.0 Å². The van der Waals surface area contributed by atoms with Gasteiger partial charge in [0.05, 0.1) is 10.7 Å². The van der Waals surface area contributed by atoms with Crippen LogP contribution in [0.3, 0.4) is 0 Å². The minimum atomic E-state index is -1.14. The van der Waals surface area contributed by atoms with Crippen molar-refractivity contribution in [1.82, 2.24) is 10.2 Å². The van der Waals surface area contributed by atoms with Crippen molar-refractivity contribution in [3.8, 4) is 12.3 Å². The summed E-state index contributed by atoms with van der Waals surface area (Å²) in [5.41, 5.74) is 2.19. The summed E-state index contributed by atoms with van der Waals surface area (Å²) in [7, 11) is 0. The first-order valence-electron chi connectivity index (χ1n) is 13.8. The van der Waals surface area contributed by atoms with Crippen LogP contribution in [0.4, 0.5) is 10.5 Å². The number of aryl methyl sites for hydroxylation is 1. The molecule has 2 unspecified atom stereocenters. The Morgan fingerprint density at radius 1 is 0.976 bits per heavy atom. The lowest BCUT2D eigenvalue weighted by atomic mass is 9.95. The summed E-state index contributed by atoms with van der Waals surface area (Å²) in [5, 5.41) is 6.05. The van der Waals surface area contributed by atoms with E-state index in [0.29, 0.717) is 21.8 Å². The Morgan fingerprint density at radius 2 is 1.62 bits per heavy atom. The zero-order valence-corrected chi connectivity index (χ0v) is 25.7. The van der Waals surface area contributed by atoms with Gasteiger partial charge < -0.3 is 20.3 Å². The Morgan fingerprint density at radius 3 is 2.21 bits per heavy atom. The molecule has 220 valence electrons. The number of nitrogens with zero attached hydrogens (tertiary/aromatic N) is 1. The Kier molecular flexibility index (Phi) is 10.8. The molecule has 0 saturated heterocycles. The molecule has 3 rings (SSSR count). The topological polar surface area (TPSA) is 87.7 Å². The molecule has 0 radical (unpaired) electrons. The molecule has 0 aromatic heterocycles. The number of hydrogen-bond acceptors (Lipinski definition) is 4. The largest absolute Gasteiger partial charge is 0.444 e. The molecule has 0 fully saturated rings. The Balaban J connectivity index is 2.12. The molecule has 0 aliphatic rings. The van der Waals surface area contributed by atoms with Crippen LogP contribution in [-0.4, -0.2) is 40.5 Å². The predicted octanol–water partition coefficient (Wildman–Crippen LogP) is 6.68. The van der Waals surface area contributed by atoms with Gasteiger partial charge in [-0.2, -0.15) is 0 Å². The highest BCUT2D eigenvalue weighted by Crippen LogP contribution is 2.32. The van der Waals surface area contributed by atoms with Crippen molar-refractivity contribution >= 4 is 35.2 Å². The van der Waals surface area contributed by atoms with E-state index in [9.17, 15) is 14.4 Å². The average molecular weight is 588 g/mol. The maximum Gasteiger partial charge on any atom is 0.408 e. The van der Waals surface area contributed by atoms with Gasteiger partial charge in [-0.05, 0) is 70.4 Å². The molecule has 7 nitrogen and oxygen atoms in total. The Hall–Kier alpha value is -4.28. The number of rotatable bonds is 9. The number of carbonyl (C=O) groups is 3. The summed E-state index contributed by atoms with van der Waals surface area (Å²) in [6.07, 6.45) is 5.29. The van der Waals surface area contributed by atoms with Gasteiger partial charge >= 0.3 is 6.09 Å². The summed E-state index contributed by atoms with van der Waals surface area (Å²) >= 11 is 6.45. The lowest BCUT2D eigenvalue weighted by Crippen LogP contribution is -2.55. The summed E-state index contributed by atoms with van der Waals surface area (Å²) in [6.45, 7) is 10.7. The molecule has 8 heteroatoms. The van der Waals surface area contributed by atoms with Crippen LogP contribution in [0.25, 0.3) is 0 Å². The van der Waals surface area contributed by atoms with E-state index in [-0.39, 0.29) is 6.42 Å². The number of carbonyl (C=O) groups excluding carboxylic acids is 3. The van der Waals surface area contributed by atoms with E-state index < -0.39 is 41.6 Å². The number of halogens is 1. The molecular formula is C34H38ClN3O4. The number of anilines is 1. The zero-order chi connectivity index (χ0) is 31.0. The van der Waals surface area contributed by atoms with Crippen molar-refractivity contribution < 1.29 is 19.1 Å². The normalized spacial score (nSPS) is 12.5. The van der Waals surface area contributed by atoms with Gasteiger partial charge in [0.25, 0.3) is 5.91 Å². The second-order valence-corrected chi connectivity index (χ2v) is 11.7. The van der Waals surface area contributed by atoms with Crippen molar-refractivity contribution in [2.75, 3.05) is 5.32 Å². The maximum atomic E-state index is 14.5. The fourth-order valence-electron chi connectivity index (χ4n) is 4.63. The lowest BCUT2D eigenvalue weighted by Gasteiger charge is -2.37. The second kappa shape index (κ2) is 14.1. The molecule has 3 aromatic rings. The summed E-state index contributed by atoms with van der Waals surface area (Å²) in [4.78, 5) is 43.1. The van der Waals surface area contributed by atoms with Crippen LogP contribution in [0, 0.1) is 19.3 Å². The molecule has 0 aliphatic carbocycles. The second-order valence-electron chi connectivity index (χ2n) is 11.3. The minimum absolute atomic E-state index is 0.177. The molecule has 0 saturated carbocycles. The zero-order valence-electron chi connectivity index (χ0n) is 24.9. The van der Waals surface area contributed by atoms with Gasteiger partial charge in [0.1, 0.15) is 17.7 Å². The van der Waals surface area contributed by atoms with E-state index >= 15 is 0 Å². The van der Waals surface area contributed by atoms with Gasteiger partial charge in [-0.25, -0.2) is 4.79 Å². The third-order valence-corrected chi connectivity index (χ3v) is 6.81. The molecule has 2 atom stereocenters. The number of para-hydroxylation sites is 1. The predicted molar refractivity (Wildman–Crippen MR) is 167 cm³/mol. The van der Waals surface area contributed by atoms with Gasteiger partial charge in [-0.15, -0.1) is 6.42 Å². The van der Waals surface area contributed by atoms with Crippen LogP contribution in [0.5, 0.6) is 0 Å². The third kappa shape index (κ3) is 8.37. The van der Waals surface area contributed by atoms with E-state index in [4.69, 9.17) is 22.8 Å². The van der Waals surface area contributed by atoms with Crippen LogP contribution in [-0.2, 0) is 20.7 Å². The highest BCUT2D eigenvalue weighted by Gasteiger charge is 2.39. The first-order chi connectivity index (χ1) is 19.8. The van der Waals surface area contributed by atoms with E-state index in [1.165, 1.54) is 4.90 Å². The summed E-state index contributed by atoms with van der Waals surface area (Å²) < 4.78 is 5.49. The van der Waals surface area contributed by atoms with Crippen molar-refractivity contribution in [2.24, 2.45) is 0 Å². The van der Waals surface area contributed by atoms with Gasteiger partial charge in [0.15, 0.2) is 0 Å². The van der Waals surface area contributed by atoms with E-state index in [2.05, 4.69) is 16.6 Å². The molecular weight excluding hydrogens is 550 g/mol. The number of nitrogens with one attached hydrogen (secondary N) is 2. The van der Waals surface area contributed by atoms with Crippen molar-refractivity contribution in [1.29, 1.82) is 0 Å². The number of alkyl carbamates (subject to hydrolysis) is 1. The number of ether oxygens (including phenoxy) is 1. The smallest absolute Gasteiger partial charge is 0.408 e. The fraction of sp³-hybridized carbons (Fsp3) is 0.324. The number of benzene rings is 3. The third-order valence-electron chi connectivity index (χ3n) is 6.49. The van der Waals surface area contributed by atoms with Crippen LogP contribution < -0.4 is 10.6 Å². The number of amides is 3. The van der Waals surface area contributed by atoms with E-state index in [1.54, 1.807) is 57.2 Å². The van der Waals surface area contributed by atoms with Crippen LogP contribution in [0.1, 0.15) is 62.9 Å². The fourth-order valence-corrected chi connectivity index (χ4v) is 4.89. The average Bonchev–Trinajstić information content (AvgIpc) is 2.92. The SMILES string of the molecule is C#Cc1ccccc1C(C(=O)Nc1c(C)cccc1Cl)N(C(=O)C(Cc1ccccc1)NC(=O)OC(C)(C)C)C(C)C. The molecule has 3 aromatic carbocycles. The molecule has 0 spiro atoms. The van der Waals surface area contributed by atoms with Crippen molar-refractivity contribution in [3.05, 3.63) is 100 Å². The first kappa shape index (κ1) is 32.2. The standard InChI is InChI=1S/C34H38ClN3O4/c1-8-25-18-12-13-19-26(25)30(31(39)37-29-23(4)15-14-20-27(29)35)38(22(2)3)32(40)28(21-24-16-10-9-11-17-24)36-33(41)42-34(5,6)7/h1,9-20,22,28,30H,21H2,2-7H3,(H,36,41)(H,37,39). The maximum absolute atomic E-state index is 14.5. The minimum Gasteiger partial charge on any atom is -0.444 e. The van der Waals surface area contributed by atoms with Crippen LogP contribution in [0.2, 0.25) is 5.02 Å². The van der Waals surface area contributed by atoms with Gasteiger partial charge in [0.2, 0.25) is 5.91 Å². The summed E-state index contributed by atoms with van der Waals surface area (Å²) in [5.74, 6) is 1.68. The highest BCUT2D eigenvalue weighted by atomic mass is 35.5. The number of terminal acetylenes is 1. The van der Waals surface area contributed by atoms with Crippen LogP contribution in [0.15, 0.2) is 72.8 Å². The number of hydrogen-bond donors (Lipinski definition) is 2. The molecule has 0 heterocycles. The lowest BCUT2D eigenvalue weighted by molar-refractivity contribution is -0.142. The van der Waals surface area contributed by atoms with Crippen molar-refractivity contribution in [2.45, 2.75) is 71.7 Å². The quantitative estimate of drug-likeness (QED) is 0.273. The molecule has 42 heavy (non-hydrogen) atoms. The first-order valence-corrected chi connectivity index (χ1v) is 14.2. The van der Waals surface area contributed by atoms with E-state index in [1.807, 2.05) is 57.2 Å². The Bertz CT molecular complexity index is 1440. The molecule has 2 N–H and O–H groups in total. The van der Waals surface area contributed by atoms with E-state index in [0.717, 1.165) is 11.1 Å². The highest BCUT2D eigenvalue weighted by molar-refractivity contribution is 6.34. The van der Waals surface area contributed by atoms with Gasteiger partial charge in [-0.1, -0.05) is 78.2 Å². The summed E-state index contributed by atoms with van der Waals surface area (Å²) in [6, 6.07) is 19.0. The molecule has 0 bridgehead atoms. The van der Waals surface area contributed by atoms with Crippen molar-refractivity contribution in [3.63, 3.8) is 0 Å².